The summed E-state index contributed by atoms with van der Waals surface area (Å²) in [5.41, 5.74) is -0.234. The first-order valence-electron chi connectivity index (χ1n) is 4.69. The van der Waals surface area contributed by atoms with Crippen molar-refractivity contribution in [2.45, 2.75) is 19.4 Å². The van der Waals surface area contributed by atoms with Crippen molar-refractivity contribution in [2.24, 2.45) is 0 Å². The van der Waals surface area contributed by atoms with E-state index in [1.54, 1.807) is 13.0 Å². The van der Waals surface area contributed by atoms with Gasteiger partial charge in [0, 0.05) is 6.07 Å². The van der Waals surface area contributed by atoms with Crippen LogP contribution in [0, 0.1) is 10.1 Å². The van der Waals surface area contributed by atoms with Crippen LogP contribution in [0.4, 0.5) is 5.69 Å². The van der Waals surface area contributed by atoms with Crippen LogP contribution in [0.2, 0.25) is 0 Å². The molecule has 0 aliphatic carbocycles. The van der Waals surface area contributed by atoms with E-state index in [-0.39, 0.29) is 17.9 Å². The highest BCUT2D eigenvalue weighted by Crippen LogP contribution is 2.27. The number of nitro groups is 1. The molecular formula is C10H11NO5. The molecule has 86 valence electrons. The molecule has 1 aromatic rings. The van der Waals surface area contributed by atoms with Crippen molar-refractivity contribution in [3.8, 4) is 5.75 Å². The number of para-hydroxylation sites is 2. The molecule has 0 radical (unpaired) electrons. The summed E-state index contributed by atoms with van der Waals surface area (Å²) >= 11 is 0. The van der Waals surface area contributed by atoms with Crippen molar-refractivity contribution in [3.63, 3.8) is 0 Å². The fraction of sp³-hybridized carbons (Fsp3) is 0.300. The van der Waals surface area contributed by atoms with Crippen molar-refractivity contribution >= 4 is 11.7 Å². The molecular weight excluding hydrogens is 214 g/mol. The lowest BCUT2D eigenvalue weighted by Gasteiger charge is -2.12. The second-order valence-electron chi connectivity index (χ2n) is 3.08. The second kappa shape index (κ2) is 5.11. The monoisotopic (exact) mass is 225 g/mol. The van der Waals surface area contributed by atoms with Crippen molar-refractivity contribution in [2.75, 3.05) is 0 Å². The van der Waals surface area contributed by atoms with Crippen LogP contribution in [0.15, 0.2) is 24.3 Å². The van der Waals surface area contributed by atoms with Gasteiger partial charge < -0.3 is 9.84 Å². The van der Waals surface area contributed by atoms with Gasteiger partial charge in [0.1, 0.15) is 0 Å². The molecule has 0 saturated carbocycles. The largest absolute Gasteiger partial charge is 0.479 e. The zero-order valence-corrected chi connectivity index (χ0v) is 8.62. The van der Waals surface area contributed by atoms with E-state index in [1.807, 2.05) is 0 Å². The topological polar surface area (TPSA) is 89.7 Å². The number of carbonyl (C=O) groups is 1. The lowest BCUT2D eigenvalue weighted by molar-refractivity contribution is -0.386. The summed E-state index contributed by atoms with van der Waals surface area (Å²) in [5, 5.41) is 19.4. The van der Waals surface area contributed by atoms with Gasteiger partial charge in [-0.05, 0) is 12.5 Å². The molecule has 6 nitrogen and oxygen atoms in total. The Morgan fingerprint density at radius 2 is 2.19 bits per heavy atom. The van der Waals surface area contributed by atoms with E-state index < -0.39 is 17.0 Å². The molecule has 0 heterocycles. The van der Waals surface area contributed by atoms with E-state index in [4.69, 9.17) is 9.84 Å². The van der Waals surface area contributed by atoms with Gasteiger partial charge in [0.25, 0.3) is 0 Å². The Kier molecular flexibility index (Phi) is 3.82. The highest BCUT2D eigenvalue weighted by Gasteiger charge is 2.21. The number of nitrogens with zero attached hydrogens (tertiary/aromatic N) is 1. The van der Waals surface area contributed by atoms with Gasteiger partial charge in [-0.25, -0.2) is 4.79 Å². The molecule has 0 unspecified atom stereocenters. The molecule has 1 aromatic carbocycles. The van der Waals surface area contributed by atoms with Crippen LogP contribution in [-0.4, -0.2) is 22.1 Å². The van der Waals surface area contributed by atoms with Crippen molar-refractivity contribution in [1.29, 1.82) is 0 Å². The van der Waals surface area contributed by atoms with Gasteiger partial charge in [-0.1, -0.05) is 19.1 Å². The molecule has 0 aliphatic rings. The molecule has 0 aliphatic heterocycles. The number of hydrogen-bond acceptors (Lipinski definition) is 4. The minimum Gasteiger partial charge on any atom is -0.479 e. The van der Waals surface area contributed by atoms with Crippen LogP contribution in [-0.2, 0) is 4.79 Å². The Hall–Kier alpha value is -2.11. The number of rotatable bonds is 5. The predicted molar refractivity (Wildman–Crippen MR) is 55.4 cm³/mol. The number of carboxylic acid groups (broad SMARTS) is 1. The Balaban J connectivity index is 2.95. The highest BCUT2D eigenvalue weighted by atomic mass is 16.6. The van der Waals surface area contributed by atoms with Crippen molar-refractivity contribution in [1.82, 2.24) is 0 Å². The Bertz CT molecular complexity index is 404. The first kappa shape index (κ1) is 12.0. The van der Waals surface area contributed by atoms with Crippen LogP contribution in [0.3, 0.4) is 0 Å². The zero-order valence-electron chi connectivity index (χ0n) is 8.62. The summed E-state index contributed by atoms with van der Waals surface area (Å²) in [4.78, 5) is 20.8. The van der Waals surface area contributed by atoms with Crippen LogP contribution in [0.25, 0.3) is 0 Å². The summed E-state index contributed by atoms with van der Waals surface area (Å²) in [6.45, 7) is 1.63. The number of aliphatic carboxylic acids is 1. The summed E-state index contributed by atoms with van der Waals surface area (Å²) in [7, 11) is 0. The molecule has 0 saturated heterocycles. The van der Waals surface area contributed by atoms with Gasteiger partial charge in [0.15, 0.2) is 11.9 Å². The number of carboxylic acids is 1. The van der Waals surface area contributed by atoms with Crippen molar-refractivity contribution in [3.05, 3.63) is 34.4 Å². The number of hydrogen-bond donors (Lipinski definition) is 1. The first-order chi connectivity index (χ1) is 7.56. The van der Waals surface area contributed by atoms with Gasteiger partial charge in [-0.15, -0.1) is 0 Å². The highest BCUT2D eigenvalue weighted by molar-refractivity contribution is 5.72. The minimum absolute atomic E-state index is 0.0262. The van der Waals surface area contributed by atoms with Gasteiger partial charge in [-0.2, -0.15) is 0 Å². The summed E-state index contributed by atoms with van der Waals surface area (Å²) < 4.78 is 5.08. The van der Waals surface area contributed by atoms with E-state index in [0.29, 0.717) is 0 Å². The van der Waals surface area contributed by atoms with Crippen molar-refractivity contribution < 1.29 is 19.6 Å². The normalized spacial score (nSPS) is 11.8. The van der Waals surface area contributed by atoms with E-state index in [1.165, 1.54) is 18.2 Å². The summed E-state index contributed by atoms with van der Waals surface area (Å²) in [6, 6.07) is 5.69. The number of ether oxygens (including phenoxy) is 1. The Labute approximate surface area is 91.6 Å². The van der Waals surface area contributed by atoms with E-state index in [9.17, 15) is 14.9 Å². The molecule has 1 atom stereocenters. The molecule has 0 spiro atoms. The van der Waals surface area contributed by atoms with Crippen LogP contribution in [0.5, 0.6) is 5.75 Å². The molecule has 6 heteroatoms. The summed E-state index contributed by atoms with van der Waals surface area (Å²) in [5.74, 6) is -1.16. The smallest absolute Gasteiger partial charge is 0.344 e. The lowest BCUT2D eigenvalue weighted by Crippen LogP contribution is -2.26. The number of benzene rings is 1. The molecule has 1 N–H and O–H groups in total. The maximum absolute atomic E-state index is 10.7. The minimum atomic E-state index is -1.14. The van der Waals surface area contributed by atoms with Gasteiger partial charge in [0.2, 0.25) is 0 Å². The molecule has 0 bridgehead atoms. The fourth-order valence-corrected chi connectivity index (χ4v) is 1.17. The summed E-state index contributed by atoms with van der Waals surface area (Å²) in [6.07, 6.45) is -0.831. The predicted octanol–water partition coefficient (Wildman–Crippen LogP) is 1.84. The van der Waals surface area contributed by atoms with Gasteiger partial charge in [-0.3, -0.25) is 10.1 Å². The average Bonchev–Trinajstić information content (AvgIpc) is 2.25. The van der Waals surface area contributed by atoms with E-state index in [0.717, 1.165) is 0 Å². The Morgan fingerprint density at radius 3 is 2.69 bits per heavy atom. The third-order valence-electron chi connectivity index (χ3n) is 1.98. The van der Waals surface area contributed by atoms with E-state index in [2.05, 4.69) is 0 Å². The molecule has 16 heavy (non-hydrogen) atoms. The third kappa shape index (κ3) is 2.69. The second-order valence-corrected chi connectivity index (χ2v) is 3.08. The number of nitro benzene ring substituents is 1. The molecule has 0 aromatic heterocycles. The van der Waals surface area contributed by atoms with Gasteiger partial charge >= 0.3 is 11.7 Å². The fourth-order valence-electron chi connectivity index (χ4n) is 1.17. The average molecular weight is 225 g/mol. The molecule has 0 amide bonds. The zero-order chi connectivity index (χ0) is 12.1. The van der Waals surface area contributed by atoms with Crippen LogP contribution >= 0.6 is 0 Å². The molecule has 1 rings (SSSR count). The standard InChI is InChI=1S/C10H11NO5/c1-2-8(10(12)13)16-9-6-4-3-5-7(9)11(14)15/h3-6,8H,2H2,1H3,(H,12,13)/t8-/m1/s1. The first-order valence-corrected chi connectivity index (χ1v) is 4.69. The molecule has 0 fully saturated rings. The SMILES string of the molecule is CC[C@@H](Oc1ccccc1[N+](=O)[O-])C(=O)O. The Morgan fingerprint density at radius 1 is 1.56 bits per heavy atom. The maximum Gasteiger partial charge on any atom is 0.344 e. The maximum atomic E-state index is 10.7. The lowest BCUT2D eigenvalue weighted by atomic mass is 10.2. The van der Waals surface area contributed by atoms with E-state index >= 15 is 0 Å². The van der Waals surface area contributed by atoms with Gasteiger partial charge in [0.05, 0.1) is 4.92 Å². The third-order valence-corrected chi connectivity index (χ3v) is 1.98. The quantitative estimate of drug-likeness (QED) is 0.609. The van der Waals surface area contributed by atoms with Crippen LogP contribution < -0.4 is 4.74 Å². The van der Waals surface area contributed by atoms with Crippen LogP contribution in [0.1, 0.15) is 13.3 Å².